The summed E-state index contributed by atoms with van der Waals surface area (Å²) in [5.41, 5.74) is -0.357. The molecule has 1 aromatic rings. The molecule has 1 aliphatic carbocycles. The first-order valence-corrected chi connectivity index (χ1v) is 5.67. The van der Waals surface area contributed by atoms with Crippen LogP contribution in [-0.4, -0.2) is 29.3 Å². The van der Waals surface area contributed by atoms with E-state index in [0.29, 0.717) is 6.61 Å². The quantitative estimate of drug-likeness (QED) is 0.772. The van der Waals surface area contributed by atoms with E-state index in [-0.39, 0.29) is 25.4 Å². The van der Waals surface area contributed by atoms with Crippen LogP contribution in [0.25, 0.3) is 0 Å². The fraction of sp³-hybridized carbons (Fsp3) is 0.385. The first-order chi connectivity index (χ1) is 8.66. The highest BCUT2D eigenvalue weighted by atomic mass is 16.6. The lowest BCUT2D eigenvalue weighted by molar-refractivity contribution is -0.200. The molecule has 1 N–H and O–H groups in total. The molecule has 0 atom stereocenters. The second kappa shape index (κ2) is 5.18. The number of hydrogen-bond acceptors (Lipinski definition) is 4. The van der Waals surface area contributed by atoms with Crippen molar-refractivity contribution in [2.75, 3.05) is 0 Å². The number of rotatable bonds is 6. The second-order valence-corrected chi connectivity index (χ2v) is 4.34. The molecular weight excluding hydrogens is 236 g/mol. The SMILES string of the molecule is O=COC1(C(=O)O)CC(OCc2ccccc2)C1. The molecule has 0 radical (unpaired) electrons. The van der Waals surface area contributed by atoms with E-state index in [0.717, 1.165) is 5.56 Å². The monoisotopic (exact) mass is 250 g/mol. The van der Waals surface area contributed by atoms with E-state index in [9.17, 15) is 9.59 Å². The molecule has 0 spiro atoms. The van der Waals surface area contributed by atoms with Crippen LogP contribution in [0.15, 0.2) is 30.3 Å². The van der Waals surface area contributed by atoms with Crippen LogP contribution in [-0.2, 0) is 25.7 Å². The minimum atomic E-state index is -1.39. The molecule has 5 heteroatoms. The highest BCUT2D eigenvalue weighted by Gasteiger charge is 2.53. The largest absolute Gasteiger partial charge is 0.478 e. The molecule has 0 saturated heterocycles. The summed E-state index contributed by atoms with van der Waals surface area (Å²) in [4.78, 5) is 21.3. The summed E-state index contributed by atoms with van der Waals surface area (Å²) in [6.45, 7) is 0.615. The molecule has 5 nitrogen and oxygen atoms in total. The molecular formula is C13H14O5. The van der Waals surface area contributed by atoms with Crippen molar-refractivity contribution in [1.29, 1.82) is 0 Å². The van der Waals surface area contributed by atoms with Gasteiger partial charge in [-0.2, -0.15) is 0 Å². The number of hydrogen-bond donors (Lipinski definition) is 1. The van der Waals surface area contributed by atoms with Crippen LogP contribution in [0.5, 0.6) is 0 Å². The molecule has 96 valence electrons. The molecule has 1 saturated carbocycles. The average molecular weight is 250 g/mol. The Morgan fingerprint density at radius 2 is 2.06 bits per heavy atom. The molecule has 1 aliphatic rings. The van der Waals surface area contributed by atoms with Crippen molar-refractivity contribution >= 4 is 12.4 Å². The molecule has 0 heterocycles. The zero-order valence-corrected chi connectivity index (χ0v) is 9.74. The number of carbonyl (C=O) groups is 2. The molecule has 0 aliphatic heterocycles. The maximum Gasteiger partial charge on any atom is 0.348 e. The van der Waals surface area contributed by atoms with E-state index in [4.69, 9.17) is 9.84 Å². The van der Waals surface area contributed by atoms with E-state index in [2.05, 4.69) is 4.74 Å². The van der Waals surface area contributed by atoms with Gasteiger partial charge in [-0.05, 0) is 5.56 Å². The van der Waals surface area contributed by atoms with Gasteiger partial charge in [0.2, 0.25) is 5.60 Å². The first-order valence-electron chi connectivity index (χ1n) is 5.67. The maximum absolute atomic E-state index is 11.0. The van der Waals surface area contributed by atoms with Gasteiger partial charge in [-0.1, -0.05) is 30.3 Å². The molecule has 1 aromatic carbocycles. The number of benzene rings is 1. The third-order valence-corrected chi connectivity index (χ3v) is 3.11. The topological polar surface area (TPSA) is 72.8 Å². The number of carbonyl (C=O) groups excluding carboxylic acids is 1. The summed E-state index contributed by atoms with van der Waals surface area (Å²) < 4.78 is 10.2. The van der Waals surface area contributed by atoms with Crippen LogP contribution < -0.4 is 0 Å². The summed E-state index contributed by atoms with van der Waals surface area (Å²) in [7, 11) is 0. The minimum absolute atomic E-state index is 0.179. The molecule has 0 unspecified atom stereocenters. The highest BCUT2D eigenvalue weighted by Crippen LogP contribution is 2.38. The third-order valence-electron chi connectivity index (χ3n) is 3.11. The van der Waals surface area contributed by atoms with Crippen LogP contribution in [0.1, 0.15) is 18.4 Å². The molecule has 0 bridgehead atoms. The van der Waals surface area contributed by atoms with Crippen LogP contribution in [0.3, 0.4) is 0 Å². The Morgan fingerprint density at radius 3 is 2.61 bits per heavy atom. The fourth-order valence-electron chi connectivity index (χ4n) is 2.00. The van der Waals surface area contributed by atoms with Crippen LogP contribution >= 0.6 is 0 Å². The second-order valence-electron chi connectivity index (χ2n) is 4.34. The smallest absolute Gasteiger partial charge is 0.348 e. The normalized spacial score (nSPS) is 26.1. The van der Waals surface area contributed by atoms with Gasteiger partial charge < -0.3 is 14.6 Å². The number of aliphatic carboxylic acids is 1. The van der Waals surface area contributed by atoms with Gasteiger partial charge in [-0.25, -0.2) is 4.79 Å². The highest BCUT2D eigenvalue weighted by molar-refractivity contribution is 5.80. The van der Waals surface area contributed by atoms with Gasteiger partial charge >= 0.3 is 5.97 Å². The zero-order chi connectivity index (χ0) is 13.0. The minimum Gasteiger partial charge on any atom is -0.478 e. The van der Waals surface area contributed by atoms with Gasteiger partial charge in [0.05, 0.1) is 12.7 Å². The van der Waals surface area contributed by atoms with Crippen LogP contribution in [0, 0.1) is 0 Å². The summed E-state index contributed by atoms with van der Waals surface area (Å²) in [5, 5.41) is 8.98. The summed E-state index contributed by atoms with van der Waals surface area (Å²) in [6.07, 6.45) is 0.225. The van der Waals surface area contributed by atoms with Gasteiger partial charge in [0.15, 0.2) is 0 Å². The Morgan fingerprint density at radius 1 is 1.39 bits per heavy atom. The Hall–Kier alpha value is -1.88. The third kappa shape index (κ3) is 2.51. The van der Waals surface area contributed by atoms with E-state index in [1.165, 1.54) is 0 Å². The lowest BCUT2D eigenvalue weighted by Crippen LogP contribution is -2.55. The fourth-order valence-corrected chi connectivity index (χ4v) is 2.00. The molecule has 0 aromatic heterocycles. The summed E-state index contributed by atoms with van der Waals surface area (Å²) in [5.74, 6) is -1.12. The van der Waals surface area contributed by atoms with Crippen LogP contribution in [0.4, 0.5) is 0 Å². The standard InChI is InChI=1S/C13H14O5/c14-9-18-13(12(15)16)6-11(7-13)17-8-10-4-2-1-3-5-10/h1-5,9,11H,6-8H2,(H,15,16). The van der Waals surface area contributed by atoms with Gasteiger partial charge in [0, 0.05) is 12.8 Å². The van der Waals surface area contributed by atoms with Crippen molar-refractivity contribution < 1.29 is 24.2 Å². The lowest BCUT2D eigenvalue weighted by Gasteiger charge is -2.41. The van der Waals surface area contributed by atoms with Crippen molar-refractivity contribution in [2.45, 2.75) is 31.2 Å². The Bertz CT molecular complexity index is 422. The predicted octanol–water partition coefficient (Wildman–Crippen LogP) is 1.36. The van der Waals surface area contributed by atoms with Crippen molar-refractivity contribution in [1.82, 2.24) is 0 Å². The zero-order valence-electron chi connectivity index (χ0n) is 9.74. The van der Waals surface area contributed by atoms with Gasteiger partial charge in [-0.15, -0.1) is 0 Å². The van der Waals surface area contributed by atoms with Crippen molar-refractivity contribution in [2.24, 2.45) is 0 Å². The molecule has 1 fully saturated rings. The average Bonchev–Trinajstić information content (AvgIpc) is 2.32. The Kier molecular flexibility index (Phi) is 3.62. The summed E-state index contributed by atoms with van der Waals surface area (Å²) in [6, 6.07) is 9.61. The lowest BCUT2D eigenvalue weighted by atomic mass is 9.77. The number of carboxylic acids is 1. The van der Waals surface area contributed by atoms with Crippen molar-refractivity contribution in [3.8, 4) is 0 Å². The first kappa shape index (κ1) is 12.6. The maximum atomic E-state index is 11.0. The molecule has 18 heavy (non-hydrogen) atoms. The van der Waals surface area contributed by atoms with Crippen LogP contribution in [0.2, 0.25) is 0 Å². The van der Waals surface area contributed by atoms with E-state index in [1.54, 1.807) is 0 Å². The van der Waals surface area contributed by atoms with Gasteiger partial charge in [0.25, 0.3) is 6.47 Å². The number of carboxylic acid groups (broad SMARTS) is 1. The van der Waals surface area contributed by atoms with Gasteiger partial charge in [0.1, 0.15) is 0 Å². The van der Waals surface area contributed by atoms with Gasteiger partial charge in [-0.3, -0.25) is 4.79 Å². The molecule has 0 amide bonds. The predicted molar refractivity (Wildman–Crippen MR) is 61.8 cm³/mol. The van der Waals surface area contributed by atoms with E-state index < -0.39 is 11.6 Å². The van der Waals surface area contributed by atoms with Crippen molar-refractivity contribution in [3.05, 3.63) is 35.9 Å². The summed E-state index contributed by atoms with van der Waals surface area (Å²) >= 11 is 0. The Balaban J connectivity index is 1.82. The van der Waals surface area contributed by atoms with Crippen molar-refractivity contribution in [3.63, 3.8) is 0 Å². The molecule has 2 rings (SSSR count). The number of ether oxygens (including phenoxy) is 2. The Labute approximate surface area is 104 Å². The van der Waals surface area contributed by atoms with E-state index in [1.807, 2.05) is 30.3 Å². The van der Waals surface area contributed by atoms with E-state index >= 15 is 0 Å².